The fourth-order valence-corrected chi connectivity index (χ4v) is 4.14. The van der Waals surface area contributed by atoms with Crippen molar-refractivity contribution >= 4 is 28.6 Å². The smallest absolute Gasteiger partial charge is 0.255 e. The van der Waals surface area contributed by atoms with Crippen molar-refractivity contribution in [2.24, 2.45) is 0 Å². The maximum absolute atomic E-state index is 12.7. The summed E-state index contributed by atoms with van der Waals surface area (Å²) in [6, 6.07) is 5.93. The number of thioether (sulfide) groups is 1. The first kappa shape index (κ1) is 15.4. The van der Waals surface area contributed by atoms with Crippen LogP contribution in [0.4, 0.5) is 0 Å². The molecule has 0 unspecified atom stereocenters. The molecule has 5 heteroatoms. The highest BCUT2D eigenvalue weighted by atomic mass is 32.2. The zero-order valence-electron chi connectivity index (χ0n) is 12.7. The van der Waals surface area contributed by atoms with E-state index in [1.54, 1.807) is 0 Å². The Kier molecular flexibility index (Phi) is 4.45. The second-order valence-electron chi connectivity index (χ2n) is 5.84. The molecule has 22 heavy (non-hydrogen) atoms. The van der Waals surface area contributed by atoms with E-state index in [0.717, 1.165) is 41.7 Å². The van der Waals surface area contributed by atoms with Gasteiger partial charge in [-0.2, -0.15) is 11.8 Å². The molecule has 1 aliphatic heterocycles. The van der Waals surface area contributed by atoms with Crippen LogP contribution in [0.5, 0.6) is 0 Å². The lowest BCUT2D eigenvalue weighted by atomic mass is 9.92. The van der Waals surface area contributed by atoms with Crippen LogP contribution < -0.4 is 5.32 Å². The predicted octanol–water partition coefficient (Wildman–Crippen LogP) is 2.98. The Bertz CT molecular complexity index is 674. The van der Waals surface area contributed by atoms with Crippen molar-refractivity contribution in [1.29, 1.82) is 0 Å². The lowest BCUT2D eigenvalue weighted by Gasteiger charge is -2.36. The summed E-state index contributed by atoms with van der Waals surface area (Å²) in [6.45, 7) is 2.07. The molecule has 0 bridgehead atoms. The van der Waals surface area contributed by atoms with E-state index in [1.807, 2.05) is 30.0 Å². The van der Waals surface area contributed by atoms with Gasteiger partial charge in [0.2, 0.25) is 0 Å². The van der Waals surface area contributed by atoms with E-state index in [-0.39, 0.29) is 12.5 Å². The van der Waals surface area contributed by atoms with Gasteiger partial charge in [0.25, 0.3) is 5.91 Å². The van der Waals surface area contributed by atoms with Crippen molar-refractivity contribution in [2.45, 2.75) is 31.7 Å². The molecule has 2 aromatic rings. The van der Waals surface area contributed by atoms with Gasteiger partial charge in [-0.25, -0.2) is 0 Å². The van der Waals surface area contributed by atoms with E-state index < -0.39 is 5.54 Å². The first-order valence-corrected chi connectivity index (χ1v) is 8.84. The van der Waals surface area contributed by atoms with Gasteiger partial charge >= 0.3 is 0 Å². The number of hydrogen-bond acceptors (Lipinski definition) is 4. The SMILES string of the molecule is CCc1ccc2occ(C(=O)NC3(CO)CCSCC3)c2c1. The number of aryl methyl sites for hydroxylation is 1. The highest BCUT2D eigenvalue weighted by Gasteiger charge is 2.34. The number of benzene rings is 1. The number of carbonyl (C=O) groups is 1. The Morgan fingerprint density at radius 2 is 2.18 bits per heavy atom. The summed E-state index contributed by atoms with van der Waals surface area (Å²) in [4.78, 5) is 12.7. The van der Waals surface area contributed by atoms with Crippen LogP contribution in [0.1, 0.15) is 35.7 Å². The zero-order chi connectivity index (χ0) is 15.6. The van der Waals surface area contributed by atoms with Gasteiger partial charge in [-0.1, -0.05) is 13.0 Å². The van der Waals surface area contributed by atoms with Crippen molar-refractivity contribution in [3.8, 4) is 0 Å². The molecule has 1 fully saturated rings. The molecule has 0 atom stereocenters. The molecule has 1 saturated heterocycles. The Labute approximate surface area is 134 Å². The Morgan fingerprint density at radius 1 is 1.41 bits per heavy atom. The number of fused-ring (bicyclic) bond motifs is 1. The third-order valence-corrected chi connectivity index (χ3v) is 5.41. The lowest BCUT2D eigenvalue weighted by Crippen LogP contribution is -2.53. The van der Waals surface area contributed by atoms with Gasteiger partial charge in [0.1, 0.15) is 11.8 Å². The minimum Gasteiger partial charge on any atom is -0.463 e. The molecule has 0 radical (unpaired) electrons. The number of nitrogens with one attached hydrogen (secondary N) is 1. The van der Waals surface area contributed by atoms with Gasteiger partial charge in [0.05, 0.1) is 17.7 Å². The minimum atomic E-state index is -0.492. The molecule has 0 aliphatic carbocycles. The molecule has 118 valence electrons. The average Bonchev–Trinajstić information content (AvgIpc) is 2.98. The van der Waals surface area contributed by atoms with Gasteiger partial charge in [-0.3, -0.25) is 4.79 Å². The van der Waals surface area contributed by atoms with E-state index in [2.05, 4.69) is 12.2 Å². The van der Waals surface area contributed by atoms with Crippen molar-refractivity contribution in [2.75, 3.05) is 18.1 Å². The van der Waals surface area contributed by atoms with Crippen molar-refractivity contribution in [3.05, 3.63) is 35.6 Å². The molecule has 2 N–H and O–H groups in total. The summed E-state index contributed by atoms with van der Waals surface area (Å²) >= 11 is 1.86. The number of aliphatic hydroxyl groups excluding tert-OH is 1. The van der Waals surface area contributed by atoms with Gasteiger partial charge < -0.3 is 14.8 Å². The molecule has 2 heterocycles. The Hall–Kier alpha value is -1.46. The molecule has 1 aliphatic rings. The maximum Gasteiger partial charge on any atom is 0.255 e. The molecule has 1 aromatic heterocycles. The summed E-state index contributed by atoms with van der Waals surface area (Å²) in [7, 11) is 0. The van der Waals surface area contributed by atoms with Crippen molar-refractivity contribution in [3.63, 3.8) is 0 Å². The Balaban J connectivity index is 1.88. The van der Waals surface area contributed by atoms with Gasteiger partial charge in [-0.15, -0.1) is 0 Å². The minimum absolute atomic E-state index is 0.0186. The van der Waals surface area contributed by atoms with Gasteiger partial charge in [0, 0.05) is 5.39 Å². The fraction of sp³-hybridized carbons (Fsp3) is 0.471. The van der Waals surface area contributed by atoms with Crippen LogP contribution >= 0.6 is 11.8 Å². The van der Waals surface area contributed by atoms with Crippen LogP contribution in [-0.2, 0) is 6.42 Å². The molecular formula is C17H21NO3S. The van der Waals surface area contributed by atoms with Crippen LogP contribution in [0.3, 0.4) is 0 Å². The average molecular weight is 319 g/mol. The van der Waals surface area contributed by atoms with Crippen LogP contribution in [0.25, 0.3) is 11.0 Å². The number of amides is 1. The van der Waals surface area contributed by atoms with E-state index in [9.17, 15) is 9.90 Å². The van der Waals surface area contributed by atoms with Gasteiger partial charge in [-0.05, 0) is 48.5 Å². The molecule has 0 saturated carbocycles. The van der Waals surface area contributed by atoms with E-state index in [4.69, 9.17) is 4.42 Å². The Morgan fingerprint density at radius 3 is 2.86 bits per heavy atom. The first-order valence-electron chi connectivity index (χ1n) is 7.69. The van der Waals surface area contributed by atoms with Crippen molar-refractivity contribution in [1.82, 2.24) is 5.32 Å². The zero-order valence-corrected chi connectivity index (χ0v) is 13.5. The molecule has 1 aromatic carbocycles. The molecular weight excluding hydrogens is 298 g/mol. The number of aliphatic hydroxyl groups is 1. The third kappa shape index (κ3) is 2.88. The summed E-state index contributed by atoms with van der Waals surface area (Å²) in [6.07, 6.45) is 4.04. The lowest BCUT2D eigenvalue weighted by molar-refractivity contribution is 0.0818. The van der Waals surface area contributed by atoms with Crippen LogP contribution in [0.15, 0.2) is 28.9 Å². The predicted molar refractivity (Wildman–Crippen MR) is 89.4 cm³/mol. The molecule has 0 spiro atoms. The second-order valence-corrected chi connectivity index (χ2v) is 7.06. The van der Waals surface area contributed by atoms with E-state index in [0.29, 0.717) is 5.56 Å². The fourth-order valence-electron chi connectivity index (χ4n) is 2.86. The first-order chi connectivity index (χ1) is 10.7. The third-order valence-electron chi connectivity index (χ3n) is 4.42. The topological polar surface area (TPSA) is 62.5 Å². The van der Waals surface area contributed by atoms with E-state index in [1.165, 1.54) is 11.8 Å². The molecule has 3 rings (SSSR count). The van der Waals surface area contributed by atoms with Crippen LogP contribution in [0.2, 0.25) is 0 Å². The van der Waals surface area contributed by atoms with Crippen molar-refractivity contribution < 1.29 is 14.3 Å². The normalized spacial score (nSPS) is 17.5. The highest BCUT2D eigenvalue weighted by Crippen LogP contribution is 2.28. The van der Waals surface area contributed by atoms with Crippen LogP contribution in [0, 0.1) is 0 Å². The number of furan rings is 1. The quantitative estimate of drug-likeness (QED) is 0.909. The summed E-state index contributed by atoms with van der Waals surface area (Å²) < 4.78 is 5.50. The largest absolute Gasteiger partial charge is 0.463 e. The highest BCUT2D eigenvalue weighted by molar-refractivity contribution is 7.99. The van der Waals surface area contributed by atoms with Gasteiger partial charge in [0.15, 0.2) is 0 Å². The maximum atomic E-state index is 12.7. The number of carbonyl (C=O) groups excluding carboxylic acids is 1. The number of hydrogen-bond donors (Lipinski definition) is 2. The van der Waals surface area contributed by atoms with Crippen LogP contribution in [-0.4, -0.2) is 34.7 Å². The second kappa shape index (κ2) is 6.34. The monoisotopic (exact) mass is 319 g/mol. The number of rotatable bonds is 4. The summed E-state index contributed by atoms with van der Waals surface area (Å²) in [5.41, 5.74) is 1.96. The molecule has 1 amide bonds. The standard InChI is InChI=1S/C17H21NO3S/c1-2-12-3-4-15-13(9-12)14(10-21-15)16(20)18-17(11-19)5-7-22-8-6-17/h3-4,9-10,19H,2,5-8,11H2,1H3,(H,18,20). The van der Waals surface area contributed by atoms with E-state index >= 15 is 0 Å². The summed E-state index contributed by atoms with van der Waals surface area (Å²) in [5, 5.41) is 13.6. The summed E-state index contributed by atoms with van der Waals surface area (Å²) in [5.74, 6) is 1.77. The molecule has 4 nitrogen and oxygen atoms in total.